The molecule has 0 aromatic heterocycles. The van der Waals surface area contributed by atoms with Gasteiger partial charge in [-0.3, -0.25) is 20.5 Å². The van der Waals surface area contributed by atoms with E-state index in [2.05, 4.69) is 4.90 Å². The van der Waals surface area contributed by atoms with Crippen LogP contribution >= 0.6 is 0 Å². The average molecular weight is 425 g/mol. The van der Waals surface area contributed by atoms with Crippen molar-refractivity contribution in [2.75, 3.05) is 36.1 Å². The number of carbonyl (C=O) groups is 1. The van der Waals surface area contributed by atoms with Crippen molar-refractivity contribution in [3.8, 4) is 11.5 Å². The summed E-state index contributed by atoms with van der Waals surface area (Å²) in [6.07, 6.45) is 0. The number of nitrogens with one attached hydrogen (secondary N) is 2. The lowest BCUT2D eigenvalue weighted by molar-refractivity contribution is -0.112. The monoisotopic (exact) mass is 425 g/mol. The van der Waals surface area contributed by atoms with Crippen molar-refractivity contribution in [3.63, 3.8) is 0 Å². The van der Waals surface area contributed by atoms with Gasteiger partial charge in [0.1, 0.15) is 17.3 Å². The van der Waals surface area contributed by atoms with Crippen molar-refractivity contribution in [2.45, 2.75) is 19.8 Å². The van der Waals surface area contributed by atoms with E-state index >= 15 is 0 Å². The number of nitrogens with two attached hydrogens (primary N) is 1. The lowest BCUT2D eigenvalue weighted by atomic mass is 9.98. The molecule has 0 unspecified atom stereocenters. The fraction of sp³-hybridized carbons (Fsp3) is 0.318. The molecule has 1 aliphatic rings. The van der Waals surface area contributed by atoms with E-state index < -0.39 is 11.7 Å². The molecule has 0 aliphatic carbocycles. The zero-order chi connectivity index (χ0) is 22.7. The van der Waals surface area contributed by atoms with Crippen molar-refractivity contribution in [3.05, 3.63) is 47.5 Å². The quantitative estimate of drug-likeness (QED) is 0.375. The van der Waals surface area contributed by atoms with Crippen molar-refractivity contribution in [1.82, 2.24) is 0 Å². The van der Waals surface area contributed by atoms with E-state index in [0.29, 0.717) is 24.5 Å². The van der Waals surface area contributed by atoms with Gasteiger partial charge in [-0.05, 0) is 41.8 Å². The summed E-state index contributed by atoms with van der Waals surface area (Å²) >= 11 is 0. The molecule has 1 saturated heterocycles. The molecule has 2 aromatic carbocycles. The van der Waals surface area contributed by atoms with E-state index in [1.54, 1.807) is 12.1 Å². The summed E-state index contributed by atoms with van der Waals surface area (Å²) < 4.78 is 5.37. The van der Waals surface area contributed by atoms with Gasteiger partial charge in [-0.2, -0.15) is 0 Å². The molecule has 0 bridgehead atoms. The lowest BCUT2D eigenvalue weighted by Gasteiger charge is -2.30. The van der Waals surface area contributed by atoms with Gasteiger partial charge in [0.2, 0.25) is 0 Å². The molecule has 1 amide bonds. The minimum absolute atomic E-state index is 0.0657. The number of phenolic OH excluding ortho intramolecular Hbond substituents is 2. The van der Waals surface area contributed by atoms with Crippen LogP contribution in [0.4, 0.5) is 11.4 Å². The highest BCUT2D eigenvalue weighted by atomic mass is 16.5. The van der Waals surface area contributed by atoms with Gasteiger partial charge in [0.25, 0.3) is 5.91 Å². The molecule has 0 atom stereocenters. The Morgan fingerprint density at radius 3 is 2.26 bits per heavy atom. The smallest absolute Gasteiger partial charge is 0.284 e. The summed E-state index contributed by atoms with van der Waals surface area (Å²) in [5.74, 6) is -2.41. The first-order chi connectivity index (χ1) is 14.7. The lowest BCUT2D eigenvalue weighted by Crippen LogP contribution is -2.44. The number of carbonyl (C=O) groups excluding carboxylic acids is 1. The van der Waals surface area contributed by atoms with Crippen molar-refractivity contribution >= 4 is 29.0 Å². The summed E-state index contributed by atoms with van der Waals surface area (Å²) in [6.45, 7) is 6.54. The number of primary amides is 1. The topological polar surface area (TPSA) is 147 Å². The predicted molar refractivity (Wildman–Crippen MR) is 120 cm³/mol. The van der Waals surface area contributed by atoms with Crippen molar-refractivity contribution in [2.24, 2.45) is 5.73 Å². The standard InChI is InChI=1S/C22H27N5O4/c1-13(2)16-11-17(19(29)12-18(16)28)20(23)27(21(24)22(25)30)15-5-3-14(4-6-15)26-7-9-31-10-8-26/h3-6,11-13,23-24,28-29H,7-10H2,1-2H3,(H2,25,30). The van der Waals surface area contributed by atoms with Gasteiger partial charge in [0.15, 0.2) is 5.84 Å². The summed E-state index contributed by atoms with van der Waals surface area (Å²) in [6, 6.07) is 9.71. The largest absolute Gasteiger partial charge is 0.508 e. The average Bonchev–Trinajstić information content (AvgIpc) is 2.74. The van der Waals surface area contributed by atoms with Crippen LogP contribution in [-0.4, -0.2) is 54.1 Å². The highest BCUT2D eigenvalue weighted by molar-refractivity contribution is 6.47. The Balaban J connectivity index is 2.00. The van der Waals surface area contributed by atoms with E-state index in [4.69, 9.17) is 21.3 Å². The number of aromatic hydroxyl groups is 2. The maximum absolute atomic E-state index is 11.8. The molecule has 6 N–H and O–H groups in total. The molecule has 2 aromatic rings. The van der Waals surface area contributed by atoms with Crippen LogP contribution in [0.15, 0.2) is 36.4 Å². The summed E-state index contributed by atoms with van der Waals surface area (Å²) in [5, 5.41) is 37.3. The maximum Gasteiger partial charge on any atom is 0.284 e. The zero-order valence-electron chi connectivity index (χ0n) is 17.6. The Morgan fingerprint density at radius 1 is 1.10 bits per heavy atom. The second-order valence-corrected chi connectivity index (χ2v) is 7.60. The molecule has 0 saturated carbocycles. The van der Waals surface area contributed by atoms with Crippen molar-refractivity contribution in [1.29, 1.82) is 10.8 Å². The summed E-state index contributed by atoms with van der Waals surface area (Å²) in [5.41, 5.74) is 7.29. The zero-order valence-corrected chi connectivity index (χ0v) is 17.6. The second-order valence-electron chi connectivity index (χ2n) is 7.60. The van der Waals surface area contributed by atoms with Crippen LogP contribution < -0.4 is 15.5 Å². The minimum atomic E-state index is -1.01. The number of anilines is 2. The third-order valence-corrected chi connectivity index (χ3v) is 5.19. The minimum Gasteiger partial charge on any atom is -0.508 e. The Morgan fingerprint density at radius 2 is 1.71 bits per heavy atom. The molecule has 9 heteroatoms. The van der Waals surface area contributed by atoms with Gasteiger partial charge in [0, 0.05) is 30.5 Å². The number of hydrogen-bond donors (Lipinski definition) is 5. The fourth-order valence-corrected chi connectivity index (χ4v) is 3.48. The Hall–Kier alpha value is -3.59. The van der Waals surface area contributed by atoms with Gasteiger partial charge >= 0.3 is 0 Å². The fourth-order valence-electron chi connectivity index (χ4n) is 3.48. The highest BCUT2D eigenvalue weighted by Gasteiger charge is 2.26. The van der Waals surface area contributed by atoms with Crippen LogP contribution in [0.5, 0.6) is 11.5 Å². The number of amides is 1. The number of amidine groups is 2. The van der Waals surface area contributed by atoms with Gasteiger partial charge in [-0.1, -0.05) is 13.8 Å². The van der Waals surface area contributed by atoms with Gasteiger partial charge in [-0.25, -0.2) is 0 Å². The number of hydrogen-bond acceptors (Lipinski definition) is 7. The number of ether oxygens (including phenoxy) is 1. The third-order valence-electron chi connectivity index (χ3n) is 5.19. The molecule has 1 heterocycles. The van der Waals surface area contributed by atoms with Crippen LogP contribution in [0.2, 0.25) is 0 Å². The summed E-state index contributed by atoms with van der Waals surface area (Å²) in [7, 11) is 0. The highest BCUT2D eigenvalue weighted by Crippen LogP contribution is 2.34. The van der Waals surface area contributed by atoms with Gasteiger partial charge in [-0.15, -0.1) is 0 Å². The predicted octanol–water partition coefficient (Wildman–Crippen LogP) is 2.35. The van der Waals surface area contributed by atoms with E-state index in [1.807, 2.05) is 26.0 Å². The van der Waals surface area contributed by atoms with Crippen LogP contribution in [-0.2, 0) is 9.53 Å². The molecule has 164 valence electrons. The molecule has 0 radical (unpaired) electrons. The number of rotatable bonds is 4. The maximum atomic E-state index is 11.8. The van der Waals surface area contributed by atoms with Gasteiger partial charge in [0.05, 0.1) is 18.8 Å². The number of morpholine rings is 1. The number of benzene rings is 2. The molecule has 9 nitrogen and oxygen atoms in total. The molecule has 1 fully saturated rings. The Labute approximate surface area is 180 Å². The molecule has 31 heavy (non-hydrogen) atoms. The first-order valence-corrected chi connectivity index (χ1v) is 9.96. The van der Waals surface area contributed by atoms with E-state index in [-0.39, 0.29) is 28.8 Å². The van der Waals surface area contributed by atoms with Crippen LogP contribution in [0.1, 0.15) is 30.9 Å². The first kappa shape index (κ1) is 22.1. The molecule has 0 spiro atoms. The number of nitrogens with zero attached hydrogens (tertiary/aromatic N) is 2. The van der Waals surface area contributed by atoms with E-state index in [0.717, 1.165) is 29.7 Å². The number of phenols is 2. The van der Waals surface area contributed by atoms with Crippen LogP contribution in [0.3, 0.4) is 0 Å². The molecule has 3 rings (SSSR count). The first-order valence-electron chi connectivity index (χ1n) is 9.96. The van der Waals surface area contributed by atoms with Crippen molar-refractivity contribution < 1.29 is 19.7 Å². The molecule has 1 aliphatic heterocycles. The SMILES string of the molecule is CC(C)c1cc(C(=N)N(C(=N)C(N)=O)c2ccc(N3CCOCC3)cc2)c(O)cc1O. The van der Waals surface area contributed by atoms with Crippen LogP contribution in [0.25, 0.3) is 0 Å². The Bertz CT molecular complexity index is 998. The Kier molecular flexibility index (Phi) is 6.45. The second kappa shape index (κ2) is 9.05. The van der Waals surface area contributed by atoms with Crippen LogP contribution in [0, 0.1) is 10.8 Å². The van der Waals surface area contributed by atoms with E-state index in [1.165, 1.54) is 6.07 Å². The normalized spacial score (nSPS) is 13.8. The molecular formula is C22H27N5O4. The third kappa shape index (κ3) is 4.61. The summed E-state index contributed by atoms with van der Waals surface area (Å²) in [4.78, 5) is 15.0. The molecular weight excluding hydrogens is 398 g/mol. The van der Waals surface area contributed by atoms with Gasteiger partial charge < -0.3 is 25.6 Å². The van der Waals surface area contributed by atoms with E-state index in [9.17, 15) is 15.0 Å².